The summed E-state index contributed by atoms with van der Waals surface area (Å²) in [5.41, 5.74) is 6.68. The van der Waals surface area contributed by atoms with Crippen LogP contribution in [0.25, 0.3) is 10.8 Å². The molecule has 0 aliphatic heterocycles. The SMILES string of the molecule is NC(=O)c1cn([C@@H](CO)CCc2cccc3ccccc23)cn1. The number of fused-ring (bicyclic) bond motifs is 1. The fourth-order valence-electron chi connectivity index (χ4n) is 2.83. The van der Waals surface area contributed by atoms with Crippen molar-refractivity contribution < 1.29 is 9.90 Å². The van der Waals surface area contributed by atoms with Gasteiger partial charge in [0.1, 0.15) is 5.69 Å². The molecule has 0 aliphatic rings. The molecule has 3 aromatic rings. The van der Waals surface area contributed by atoms with Crippen molar-refractivity contribution in [1.82, 2.24) is 9.55 Å². The standard InChI is InChI=1S/C18H19N3O2/c19-18(23)17-10-21(12-20-17)15(11-22)9-8-14-6-3-5-13-4-1-2-7-16(13)14/h1-7,10,12,15,22H,8-9,11H2,(H2,19,23)/t15-/m1/s1. The summed E-state index contributed by atoms with van der Waals surface area (Å²) in [6, 6.07) is 14.4. The lowest BCUT2D eigenvalue weighted by Gasteiger charge is -2.16. The van der Waals surface area contributed by atoms with Crippen molar-refractivity contribution >= 4 is 16.7 Å². The van der Waals surface area contributed by atoms with Crippen molar-refractivity contribution in [2.75, 3.05) is 6.61 Å². The van der Waals surface area contributed by atoms with Crippen LogP contribution in [0, 0.1) is 0 Å². The Morgan fingerprint density at radius 3 is 2.74 bits per heavy atom. The second-order valence-corrected chi connectivity index (χ2v) is 5.58. The first-order valence-electron chi connectivity index (χ1n) is 7.60. The third kappa shape index (κ3) is 3.24. The van der Waals surface area contributed by atoms with Gasteiger partial charge in [-0.3, -0.25) is 4.79 Å². The molecule has 0 bridgehead atoms. The number of hydrogen-bond donors (Lipinski definition) is 2. The predicted octanol–water partition coefficient (Wildman–Crippen LogP) is 2.30. The number of nitrogens with zero attached hydrogens (tertiary/aromatic N) is 2. The fourth-order valence-corrected chi connectivity index (χ4v) is 2.83. The maximum absolute atomic E-state index is 11.1. The zero-order chi connectivity index (χ0) is 16.2. The Hall–Kier alpha value is -2.66. The monoisotopic (exact) mass is 309 g/mol. The third-order valence-corrected chi connectivity index (χ3v) is 4.11. The van der Waals surface area contributed by atoms with Crippen LogP contribution in [0.3, 0.4) is 0 Å². The molecule has 1 heterocycles. The maximum Gasteiger partial charge on any atom is 0.268 e. The number of primary amides is 1. The molecule has 0 unspecified atom stereocenters. The Balaban J connectivity index is 1.78. The molecule has 0 aliphatic carbocycles. The quantitative estimate of drug-likeness (QED) is 0.733. The van der Waals surface area contributed by atoms with E-state index in [2.05, 4.69) is 29.2 Å². The normalized spacial score (nSPS) is 12.4. The number of amides is 1. The number of benzene rings is 2. The molecule has 5 nitrogen and oxygen atoms in total. The molecule has 0 radical (unpaired) electrons. The minimum Gasteiger partial charge on any atom is -0.394 e. The van der Waals surface area contributed by atoms with E-state index in [-0.39, 0.29) is 18.3 Å². The van der Waals surface area contributed by atoms with Gasteiger partial charge in [-0.1, -0.05) is 42.5 Å². The molecule has 0 spiro atoms. The minimum atomic E-state index is -0.561. The number of carbonyl (C=O) groups excluding carboxylic acids is 1. The van der Waals surface area contributed by atoms with Crippen LogP contribution in [0.4, 0.5) is 0 Å². The van der Waals surface area contributed by atoms with Crippen LogP contribution in [0.5, 0.6) is 0 Å². The number of aryl methyl sites for hydroxylation is 1. The van der Waals surface area contributed by atoms with E-state index < -0.39 is 5.91 Å². The van der Waals surface area contributed by atoms with Crippen molar-refractivity contribution in [2.24, 2.45) is 5.73 Å². The Morgan fingerprint density at radius 1 is 1.22 bits per heavy atom. The highest BCUT2D eigenvalue weighted by molar-refractivity contribution is 5.90. The average molecular weight is 309 g/mol. The smallest absolute Gasteiger partial charge is 0.268 e. The van der Waals surface area contributed by atoms with Gasteiger partial charge in [0, 0.05) is 6.20 Å². The van der Waals surface area contributed by atoms with Gasteiger partial charge in [-0.25, -0.2) is 4.98 Å². The van der Waals surface area contributed by atoms with Gasteiger partial charge in [-0.15, -0.1) is 0 Å². The van der Waals surface area contributed by atoms with E-state index in [1.54, 1.807) is 17.1 Å². The number of carbonyl (C=O) groups is 1. The molecular weight excluding hydrogens is 290 g/mol. The molecule has 3 N–H and O–H groups in total. The molecule has 3 rings (SSSR count). The number of rotatable bonds is 6. The fraction of sp³-hybridized carbons (Fsp3) is 0.222. The Bertz CT molecular complexity index is 821. The van der Waals surface area contributed by atoms with E-state index in [1.165, 1.54) is 16.3 Å². The number of hydrogen-bond acceptors (Lipinski definition) is 3. The first-order valence-corrected chi connectivity index (χ1v) is 7.60. The van der Waals surface area contributed by atoms with Gasteiger partial charge in [0.25, 0.3) is 5.91 Å². The first-order chi connectivity index (χ1) is 11.2. The summed E-state index contributed by atoms with van der Waals surface area (Å²) >= 11 is 0. The number of nitrogens with two attached hydrogens (primary N) is 1. The highest BCUT2D eigenvalue weighted by Crippen LogP contribution is 2.22. The minimum absolute atomic E-state index is 0.0146. The lowest BCUT2D eigenvalue weighted by atomic mass is 9.99. The highest BCUT2D eigenvalue weighted by Gasteiger charge is 2.13. The van der Waals surface area contributed by atoms with Crippen molar-refractivity contribution in [3.63, 3.8) is 0 Å². The van der Waals surface area contributed by atoms with E-state index >= 15 is 0 Å². The average Bonchev–Trinajstić information content (AvgIpc) is 3.06. The summed E-state index contributed by atoms with van der Waals surface area (Å²) in [5, 5.41) is 12.1. The number of aromatic nitrogens is 2. The van der Waals surface area contributed by atoms with Gasteiger partial charge >= 0.3 is 0 Å². The summed E-state index contributed by atoms with van der Waals surface area (Å²) in [6.07, 6.45) is 4.71. The number of aliphatic hydroxyl groups is 1. The number of imidazole rings is 1. The maximum atomic E-state index is 11.1. The van der Waals surface area contributed by atoms with E-state index in [0.29, 0.717) is 0 Å². The third-order valence-electron chi connectivity index (χ3n) is 4.11. The zero-order valence-corrected chi connectivity index (χ0v) is 12.7. The molecule has 0 saturated carbocycles. The van der Waals surface area contributed by atoms with Crippen molar-refractivity contribution in [3.05, 3.63) is 66.2 Å². The molecule has 5 heteroatoms. The van der Waals surface area contributed by atoms with Gasteiger partial charge < -0.3 is 15.4 Å². The van der Waals surface area contributed by atoms with Gasteiger partial charge in [-0.05, 0) is 29.2 Å². The Kier molecular flexibility index (Phi) is 4.39. The van der Waals surface area contributed by atoms with Crippen LogP contribution in [0.15, 0.2) is 55.0 Å². The van der Waals surface area contributed by atoms with Gasteiger partial charge in [0.2, 0.25) is 0 Å². The lowest BCUT2D eigenvalue weighted by Crippen LogP contribution is -2.14. The second-order valence-electron chi connectivity index (χ2n) is 5.58. The molecule has 1 atom stereocenters. The van der Waals surface area contributed by atoms with Crippen molar-refractivity contribution in [2.45, 2.75) is 18.9 Å². The van der Waals surface area contributed by atoms with E-state index in [0.717, 1.165) is 12.8 Å². The summed E-state index contributed by atoms with van der Waals surface area (Å²) in [6.45, 7) is -0.0146. The van der Waals surface area contributed by atoms with Gasteiger partial charge in [0.05, 0.1) is 19.0 Å². The highest BCUT2D eigenvalue weighted by atomic mass is 16.3. The summed E-state index contributed by atoms with van der Waals surface area (Å²) in [7, 11) is 0. The van der Waals surface area contributed by atoms with Crippen LogP contribution in [0.2, 0.25) is 0 Å². The molecule has 2 aromatic carbocycles. The van der Waals surface area contributed by atoms with Gasteiger partial charge in [0.15, 0.2) is 0 Å². The predicted molar refractivity (Wildman–Crippen MR) is 89.1 cm³/mol. The largest absolute Gasteiger partial charge is 0.394 e. The van der Waals surface area contributed by atoms with Crippen LogP contribution in [-0.4, -0.2) is 27.2 Å². The summed E-state index contributed by atoms with van der Waals surface area (Å²) in [4.78, 5) is 15.1. The summed E-state index contributed by atoms with van der Waals surface area (Å²) < 4.78 is 1.76. The Labute approximate surface area is 134 Å². The first kappa shape index (κ1) is 15.2. The van der Waals surface area contributed by atoms with Crippen molar-refractivity contribution in [3.8, 4) is 0 Å². The van der Waals surface area contributed by atoms with E-state index in [1.807, 2.05) is 18.2 Å². The van der Waals surface area contributed by atoms with Gasteiger partial charge in [-0.2, -0.15) is 0 Å². The van der Waals surface area contributed by atoms with Crippen molar-refractivity contribution in [1.29, 1.82) is 0 Å². The van der Waals surface area contributed by atoms with Crippen LogP contribution < -0.4 is 5.73 Å². The molecule has 118 valence electrons. The summed E-state index contributed by atoms with van der Waals surface area (Å²) in [5.74, 6) is -0.561. The Morgan fingerprint density at radius 2 is 2.00 bits per heavy atom. The molecule has 23 heavy (non-hydrogen) atoms. The van der Waals surface area contributed by atoms with E-state index in [9.17, 15) is 9.90 Å². The number of aliphatic hydroxyl groups excluding tert-OH is 1. The molecule has 1 aromatic heterocycles. The molecule has 0 saturated heterocycles. The topological polar surface area (TPSA) is 81.1 Å². The molecule has 1 amide bonds. The lowest BCUT2D eigenvalue weighted by molar-refractivity contribution is 0.0995. The van der Waals surface area contributed by atoms with Crippen LogP contribution in [-0.2, 0) is 6.42 Å². The van der Waals surface area contributed by atoms with Crippen LogP contribution in [0.1, 0.15) is 28.5 Å². The second kappa shape index (κ2) is 6.62. The van der Waals surface area contributed by atoms with E-state index in [4.69, 9.17) is 5.73 Å². The molecular formula is C18H19N3O2. The van der Waals surface area contributed by atoms with Crippen LogP contribution >= 0.6 is 0 Å². The molecule has 0 fully saturated rings. The zero-order valence-electron chi connectivity index (χ0n) is 12.7.